The van der Waals surface area contributed by atoms with Gasteiger partial charge in [0.15, 0.2) is 0 Å². The SMILES string of the molecule is COc1ccccc1C1=C(C2CCCC2)CCC1C=NO. The van der Waals surface area contributed by atoms with Crippen LogP contribution in [0.1, 0.15) is 44.1 Å². The second kappa shape index (κ2) is 6.33. The molecule has 1 saturated carbocycles. The van der Waals surface area contributed by atoms with Gasteiger partial charge in [-0.3, -0.25) is 0 Å². The van der Waals surface area contributed by atoms with Crippen LogP contribution in [0.2, 0.25) is 0 Å². The van der Waals surface area contributed by atoms with Crippen LogP contribution in [-0.4, -0.2) is 18.5 Å². The summed E-state index contributed by atoms with van der Waals surface area (Å²) in [5.74, 6) is 1.84. The quantitative estimate of drug-likeness (QED) is 0.502. The van der Waals surface area contributed by atoms with E-state index in [0.29, 0.717) is 5.92 Å². The van der Waals surface area contributed by atoms with E-state index in [9.17, 15) is 0 Å². The fourth-order valence-electron chi connectivity index (χ4n) is 4.00. The Morgan fingerprint density at radius 3 is 2.67 bits per heavy atom. The lowest BCUT2D eigenvalue weighted by Crippen LogP contribution is -2.05. The fraction of sp³-hybridized carbons (Fsp3) is 0.500. The maximum absolute atomic E-state index is 8.99. The molecule has 21 heavy (non-hydrogen) atoms. The second-order valence-electron chi connectivity index (χ2n) is 6.03. The summed E-state index contributed by atoms with van der Waals surface area (Å²) in [4.78, 5) is 0. The smallest absolute Gasteiger partial charge is 0.126 e. The zero-order chi connectivity index (χ0) is 14.7. The van der Waals surface area contributed by atoms with Gasteiger partial charge in [0.05, 0.1) is 13.3 Å². The van der Waals surface area contributed by atoms with Gasteiger partial charge in [-0.15, -0.1) is 5.16 Å². The summed E-state index contributed by atoms with van der Waals surface area (Å²) in [6.45, 7) is 0. The Morgan fingerprint density at radius 1 is 1.19 bits per heavy atom. The lowest BCUT2D eigenvalue weighted by molar-refractivity contribution is 0.319. The molecular formula is C18H23NO2. The van der Waals surface area contributed by atoms with Gasteiger partial charge in [0.25, 0.3) is 0 Å². The number of ether oxygens (including phenoxy) is 1. The van der Waals surface area contributed by atoms with Gasteiger partial charge in [0.1, 0.15) is 5.75 Å². The second-order valence-corrected chi connectivity index (χ2v) is 6.03. The molecule has 2 aliphatic carbocycles. The highest BCUT2D eigenvalue weighted by atomic mass is 16.5. The van der Waals surface area contributed by atoms with Crippen LogP contribution in [0.3, 0.4) is 0 Å². The Balaban J connectivity index is 2.08. The standard InChI is InChI=1S/C18H23NO2/c1-21-17-9-5-4-8-16(17)18-14(12-19-20)10-11-15(18)13-6-2-3-7-13/h4-5,8-9,12-14,20H,2-3,6-7,10-11H2,1H3. The van der Waals surface area contributed by atoms with Crippen molar-refractivity contribution >= 4 is 11.8 Å². The number of para-hydroxylation sites is 1. The summed E-state index contributed by atoms with van der Waals surface area (Å²) in [5, 5.41) is 12.3. The molecule has 3 nitrogen and oxygen atoms in total. The third-order valence-electron chi connectivity index (χ3n) is 4.93. The highest BCUT2D eigenvalue weighted by molar-refractivity contribution is 5.88. The lowest BCUT2D eigenvalue weighted by atomic mass is 9.88. The molecule has 3 heteroatoms. The van der Waals surface area contributed by atoms with Crippen molar-refractivity contribution < 1.29 is 9.94 Å². The summed E-state index contributed by atoms with van der Waals surface area (Å²) in [7, 11) is 1.72. The van der Waals surface area contributed by atoms with Gasteiger partial charge in [-0.2, -0.15) is 0 Å². The first-order valence-electron chi connectivity index (χ1n) is 7.89. The Kier molecular flexibility index (Phi) is 4.28. The fourth-order valence-corrected chi connectivity index (χ4v) is 4.00. The van der Waals surface area contributed by atoms with Crippen LogP contribution in [0.4, 0.5) is 0 Å². The minimum atomic E-state index is 0.210. The van der Waals surface area contributed by atoms with Gasteiger partial charge < -0.3 is 9.94 Å². The summed E-state index contributed by atoms with van der Waals surface area (Å²) in [6.07, 6.45) is 9.13. The summed E-state index contributed by atoms with van der Waals surface area (Å²) >= 11 is 0. The predicted molar refractivity (Wildman–Crippen MR) is 84.9 cm³/mol. The highest BCUT2D eigenvalue weighted by Crippen LogP contribution is 2.47. The first-order chi connectivity index (χ1) is 10.3. The number of methoxy groups -OCH3 is 1. The average molecular weight is 285 g/mol. The van der Waals surface area contributed by atoms with E-state index >= 15 is 0 Å². The van der Waals surface area contributed by atoms with E-state index in [1.54, 1.807) is 18.9 Å². The number of oxime groups is 1. The van der Waals surface area contributed by atoms with Crippen LogP contribution in [0.25, 0.3) is 5.57 Å². The van der Waals surface area contributed by atoms with Crippen molar-refractivity contribution in [1.29, 1.82) is 0 Å². The van der Waals surface area contributed by atoms with Crippen LogP contribution in [0.15, 0.2) is 35.0 Å². The van der Waals surface area contributed by atoms with Gasteiger partial charge in [-0.25, -0.2) is 0 Å². The lowest BCUT2D eigenvalue weighted by Gasteiger charge is -2.18. The molecule has 3 rings (SSSR count). The van der Waals surface area contributed by atoms with Gasteiger partial charge in [0.2, 0.25) is 0 Å². The van der Waals surface area contributed by atoms with Crippen LogP contribution in [0.5, 0.6) is 5.75 Å². The zero-order valence-corrected chi connectivity index (χ0v) is 12.6. The van der Waals surface area contributed by atoms with E-state index in [1.807, 2.05) is 12.1 Å². The predicted octanol–water partition coefficient (Wildman–Crippen LogP) is 4.51. The van der Waals surface area contributed by atoms with E-state index in [1.165, 1.54) is 36.8 Å². The number of nitrogens with zero attached hydrogens (tertiary/aromatic N) is 1. The third kappa shape index (κ3) is 2.69. The maximum atomic E-state index is 8.99. The number of benzene rings is 1. The number of rotatable bonds is 4. The minimum Gasteiger partial charge on any atom is -0.496 e. The Bertz CT molecular complexity index is 556. The zero-order valence-electron chi connectivity index (χ0n) is 12.6. The normalized spacial score (nSPS) is 23.4. The molecule has 1 fully saturated rings. The van der Waals surface area contributed by atoms with Crippen LogP contribution < -0.4 is 4.74 Å². The Labute approximate surface area is 126 Å². The Hall–Kier alpha value is -1.77. The molecule has 0 amide bonds. The first-order valence-corrected chi connectivity index (χ1v) is 7.89. The average Bonchev–Trinajstić information content (AvgIpc) is 3.16. The molecule has 0 bridgehead atoms. The first kappa shape index (κ1) is 14.2. The molecule has 1 aromatic rings. The summed E-state index contributed by atoms with van der Waals surface area (Å²) < 4.78 is 5.55. The van der Waals surface area contributed by atoms with E-state index < -0.39 is 0 Å². The molecule has 1 N–H and O–H groups in total. The molecular weight excluding hydrogens is 262 g/mol. The van der Waals surface area contributed by atoms with Crippen molar-refractivity contribution in [2.45, 2.75) is 38.5 Å². The van der Waals surface area contributed by atoms with Gasteiger partial charge >= 0.3 is 0 Å². The Morgan fingerprint density at radius 2 is 1.95 bits per heavy atom. The van der Waals surface area contributed by atoms with Crippen LogP contribution >= 0.6 is 0 Å². The molecule has 0 heterocycles. The van der Waals surface area contributed by atoms with Gasteiger partial charge in [-0.1, -0.05) is 36.6 Å². The van der Waals surface area contributed by atoms with Crippen molar-refractivity contribution in [1.82, 2.24) is 0 Å². The molecule has 1 aromatic carbocycles. The number of allylic oxidation sites excluding steroid dienone is 2. The van der Waals surface area contributed by atoms with E-state index in [2.05, 4.69) is 17.3 Å². The monoisotopic (exact) mass is 285 g/mol. The largest absolute Gasteiger partial charge is 0.496 e. The van der Waals surface area contributed by atoms with Crippen molar-refractivity contribution in [3.63, 3.8) is 0 Å². The molecule has 2 aliphatic rings. The molecule has 0 spiro atoms. The minimum absolute atomic E-state index is 0.210. The number of hydrogen-bond acceptors (Lipinski definition) is 3. The van der Waals surface area contributed by atoms with E-state index in [0.717, 1.165) is 18.6 Å². The highest BCUT2D eigenvalue weighted by Gasteiger charge is 2.32. The molecule has 0 aromatic heterocycles. The van der Waals surface area contributed by atoms with Crippen molar-refractivity contribution in [3.05, 3.63) is 35.4 Å². The van der Waals surface area contributed by atoms with E-state index in [-0.39, 0.29) is 5.92 Å². The van der Waals surface area contributed by atoms with Crippen molar-refractivity contribution in [2.75, 3.05) is 7.11 Å². The molecule has 1 atom stereocenters. The van der Waals surface area contributed by atoms with E-state index in [4.69, 9.17) is 9.94 Å². The van der Waals surface area contributed by atoms with Gasteiger partial charge in [-0.05, 0) is 43.2 Å². The molecule has 0 saturated heterocycles. The van der Waals surface area contributed by atoms with Gasteiger partial charge in [0, 0.05) is 11.5 Å². The molecule has 0 radical (unpaired) electrons. The van der Waals surface area contributed by atoms with Crippen molar-refractivity contribution in [2.24, 2.45) is 17.0 Å². The summed E-state index contributed by atoms with van der Waals surface area (Å²) in [5.41, 5.74) is 4.09. The summed E-state index contributed by atoms with van der Waals surface area (Å²) in [6, 6.07) is 8.21. The van der Waals surface area contributed by atoms with Crippen LogP contribution in [0, 0.1) is 11.8 Å². The third-order valence-corrected chi connectivity index (χ3v) is 4.93. The molecule has 112 valence electrons. The number of hydrogen-bond donors (Lipinski definition) is 1. The topological polar surface area (TPSA) is 41.8 Å². The maximum Gasteiger partial charge on any atom is 0.126 e. The van der Waals surface area contributed by atoms with Crippen LogP contribution in [-0.2, 0) is 0 Å². The van der Waals surface area contributed by atoms with Crippen molar-refractivity contribution in [3.8, 4) is 5.75 Å². The molecule has 1 unspecified atom stereocenters. The molecule has 0 aliphatic heterocycles.